The van der Waals surface area contributed by atoms with Crippen LogP contribution in [0, 0.1) is 10.1 Å². The molecule has 2 aliphatic rings. The molecule has 2 heterocycles. The molecule has 0 saturated heterocycles. The van der Waals surface area contributed by atoms with Gasteiger partial charge in [0.15, 0.2) is 22.8 Å². The van der Waals surface area contributed by atoms with Crippen molar-refractivity contribution in [2.24, 2.45) is 0 Å². The van der Waals surface area contributed by atoms with Gasteiger partial charge in [0, 0.05) is 18.2 Å². The molecule has 0 bridgehead atoms. The van der Waals surface area contributed by atoms with Gasteiger partial charge in [0.05, 0.1) is 27.4 Å². The lowest BCUT2D eigenvalue weighted by atomic mass is 10.0. The number of rotatable bonds is 2. The van der Waals surface area contributed by atoms with Gasteiger partial charge in [-0.15, -0.1) is 8.78 Å². The number of carbonyl (C=O) groups excluding carboxylic acids is 1. The number of nitrogens with zero attached hydrogens (tertiary/aromatic N) is 2. The van der Waals surface area contributed by atoms with Crippen LogP contribution in [0.1, 0.15) is 13.8 Å². The Hall–Kier alpha value is -3.14. The van der Waals surface area contributed by atoms with Crippen molar-refractivity contribution in [1.82, 2.24) is 0 Å². The summed E-state index contributed by atoms with van der Waals surface area (Å²) >= 11 is 6.22. The molecule has 28 heavy (non-hydrogen) atoms. The summed E-state index contributed by atoms with van der Waals surface area (Å²) in [6.45, 7) is 2.94. The van der Waals surface area contributed by atoms with E-state index in [-0.39, 0.29) is 39.3 Å². The highest BCUT2D eigenvalue weighted by molar-refractivity contribution is 6.34. The first-order valence-electron chi connectivity index (χ1n) is 7.90. The van der Waals surface area contributed by atoms with Crippen molar-refractivity contribution in [1.29, 1.82) is 0 Å². The van der Waals surface area contributed by atoms with Crippen LogP contribution in [0.15, 0.2) is 30.3 Å². The highest BCUT2D eigenvalue weighted by Gasteiger charge is 2.46. The Labute approximate surface area is 161 Å². The van der Waals surface area contributed by atoms with E-state index < -0.39 is 22.7 Å². The fourth-order valence-electron chi connectivity index (χ4n) is 2.95. The Morgan fingerprint density at radius 2 is 1.68 bits per heavy atom. The molecular weight excluding hydrogens is 402 g/mol. The van der Waals surface area contributed by atoms with Gasteiger partial charge in [-0.2, -0.15) is 0 Å². The zero-order valence-corrected chi connectivity index (χ0v) is 15.1. The first-order valence-corrected chi connectivity index (χ1v) is 8.28. The molecule has 1 amide bonds. The summed E-state index contributed by atoms with van der Waals surface area (Å²) in [4.78, 5) is 24.6. The van der Waals surface area contributed by atoms with Gasteiger partial charge in [0.25, 0.3) is 11.6 Å². The van der Waals surface area contributed by atoms with E-state index in [0.717, 1.165) is 17.0 Å². The van der Waals surface area contributed by atoms with E-state index >= 15 is 0 Å². The van der Waals surface area contributed by atoms with Crippen LogP contribution in [0.2, 0.25) is 5.02 Å². The SMILES string of the molecule is CC1(C)Oc2cc([N+](=O)[O-])ccc2N(c2cc3c(cc2Cl)OC(F)(F)O3)C1=O. The third-order valence-electron chi connectivity index (χ3n) is 4.19. The van der Waals surface area contributed by atoms with E-state index in [1.165, 1.54) is 32.0 Å². The van der Waals surface area contributed by atoms with E-state index in [9.17, 15) is 23.7 Å². The first-order chi connectivity index (χ1) is 13.0. The predicted molar refractivity (Wildman–Crippen MR) is 92.6 cm³/mol. The van der Waals surface area contributed by atoms with Gasteiger partial charge in [-0.3, -0.25) is 19.8 Å². The number of nitro benzene ring substituents is 1. The van der Waals surface area contributed by atoms with Crippen LogP contribution in [0.5, 0.6) is 17.2 Å². The number of halogens is 3. The van der Waals surface area contributed by atoms with Gasteiger partial charge in [-0.05, 0) is 19.9 Å². The van der Waals surface area contributed by atoms with Crippen molar-refractivity contribution in [3.63, 3.8) is 0 Å². The summed E-state index contributed by atoms with van der Waals surface area (Å²) in [5, 5.41) is 11.0. The average Bonchev–Trinajstić information content (AvgIpc) is 2.87. The molecule has 0 fully saturated rings. The van der Waals surface area contributed by atoms with Gasteiger partial charge in [-0.1, -0.05) is 11.6 Å². The lowest BCUT2D eigenvalue weighted by Crippen LogP contribution is -2.50. The molecule has 0 aliphatic carbocycles. The number of non-ortho nitro benzene ring substituents is 1. The Morgan fingerprint density at radius 1 is 1.04 bits per heavy atom. The molecule has 0 radical (unpaired) electrons. The molecule has 0 saturated carbocycles. The Morgan fingerprint density at radius 3 is 2.32 bits per heavy atom. The van der Waals surface area contributed by atoms with Crippen molar-refractivity contribution in [3.05, 3.63) is 45.5 Å². The van der Waals surface area contributed by atoms with Crippen LogP contribution in [0.4, 0.5) is 25.8 Å². The summed E-state index contributed by atoms with van der Waals surface area (Å²) in [7, 11) is 0. The van der Waals surface area contributed by atoms with Crippen molar-refractivity contribution >= 4 is 34.6 Å². The van der Waals surface area contributed by atoms with E-state index in [4.69, 9.17) is 16.3 Å². The smallest absolute Gasteiger partial charge is 0.476 e. The second kappa shape index (κ2) is 5.68. The van der Waals surface area contributed by atoms with Crippen LogP contribution in [-0.4, -0.2) is 22.7 Å². The maximum absolute atomic E-state index is 13.3. The van der Waals surface area contributed by atoms with Gasteiger partial charge in [-0.25, -0.2) is 0 Å². The largest absolute Gasteiger partial charge is 0.586 e. The van der Waals surface area contributed by atoms with Crippen LogP contribution < -0.4 is 19.1 Å². The molecule has 2 aromatic carbocycles. The second-order valence-corrected chi connectivity index (χ2v) is 6.99. The van der Waals surface area contributed by atoms with E-state index in [2.05, 4.69) is 9.47 Å². The molecule has 4 rings (SSSR count). The number of fused-ring (bicyclic) bond motifs is 2. The third kappa shape index (κ3) is 2.76. The molecule has 146 valence electrons. The molecule has 0 atom stereocenters. The van der Waals surface area contributed by atoms with Crippen molar-refractivity contribution < 1.29 is 32.7 Å². The number of hydrogen-bond donors (Lipinski definition) is 0. The van der Waals surface area contributed by atoms with E-state index in [1.807, 2.05) is 0 Å². The highest BCUT2D eigenvalue weighted by atomic mass is 35.5. The standard InChI is InChI=1S/C17H11ClF2N2O6/c1-16(2)15(23)21(10-4-3-8(22(24)25)5-12(10)26-16)11-7-14-13(6-9(11)18)27-17(19,20)28-14/h3-7H,1-2H3. The quantitative estimate of drug-likeness (QED) is 0.536. The molecule has 2 aromatic rings. The second-order valence-electron chi connectivity index (χ2n) is 6.58. The van der Waals surface area contributed by atoms with Crippen LogP contribution in [0.25, 0.3) is 0 Å². The number of alkyl halides is 2. The minimum Gasteiger partial charge on any atom is -0.476 e. The first kappa shape index (κ1) is 18.2. The zero-order valence-electron chi connectivity index (χ0n) is 14.4. The average molecular weight is 413 g/mol. The zero-order chi connectivity index (χ0) is 20.4. The maximum Gasteiger partial charge on any atom is 0.586 e. The van der Waals surface area contributed by atoms with Crippen LogP contribution in [-0.2, 0) is 4.79 Å². The van der Waals surface area contributed by atoms with Gasteiger partial charge < -0.3 is 14.2 Å². The minimum absolute atomic E-state index is 0.0400. The molecular formula is C17H11ClF2N2O6. The molecule has 0 aromatic heterocycles. The third-order valence-corrected chi connectivity index (χ3v) is 4.49. The number of hydrogen-bond acceptors (Lipinski definition) is 6. The molecule has 8 nitrogen and oxygen atoms in total. The summed E-state index contributed by atoms with van der Waals surface area (Å²) in [6.07, 6.45) is -3.85. The maximum atomic E-state index is 13.3. The summed E-state index contributed by atoms with van der Waals surface area (Å²) in [6, 6.07) is 5.93. The van der Waals surface area contributed by atoms with Crippen molar-refractivity contribution in [3.8, 4) is 17.2 Å². The Balaban J connectivity index is 1.89. The molecule has 0 spiro atoms. The highest BCUT2D eigenvalue weighted by Crippen LogP contribution is 2.50. The summed E-state index contributed by atoms with van der Waals surface area (Å²) in [5.41, 5.74) is -1.42. The molecule has 11 heteroatoms. The molecule has 2 aliphatic heterocycles. The van der Waals surface area contributed by atoms with Gasteiger partial charge in [0.2, 0.25) is 0 Å². The van der Waals surface area contributed by atoms with Crippen LogP contribution in [0.3, 0.4) is 0 Å². The summed E-state index contributed by atoms with van der Waals surface area (Å²) < 4.78 is 41.1. The van der Waals surface area contributed by atoms with E-state index in [1.54, 1.807) is 0 Å². The predicted octanol–water partition coefficient (Wildman–Crippen LogP) is 4.41. The fourth-order valence-corrected chi connectivity index (χ4v) is 3.19. The minimum atomic E-state index is -3.85. The number of carbonyl (C=O) groups is 1. The molecule has 0 N–H and O–H groups in total. The number of anilines is 2. The Bertz CT molecular complexity index is 1040. The number of amides is 1. The fraction of sp³-hybridized carbons (Fsp3) is 0.235. The lowest BCUT2D eigenvalue weighted by Gasteiger charge is -2.38. The van der Waals surface area contributed by atoms with Crippen LogP contribution >= 0.6 is 11.6 Å². The number of benzene rings is 2. The number of nitro groups is 1. The topological polar surface area (TPSA) is 91.1 Å². The van der Waals surface area contributed by atoms with Gasteiger partial charge in [0.1, 0.15) is 0 Å². The Kier molecular flexibility index (Phi) is 3.70. The molecule has 0 unspecified atom stereocenters. The monoisotopic (exact) mass is 412 g/mol. The van der Waals surface area contributed by atoms with E-state index in [0.29, 0.717) is 0 Å². The lowest BCUT2D eigenvalue weighted by molar-refractivity contribution is -0.385. The van der Waals surface area contributed by atoms with Gasteiger partial charge >= 0.3 is 6.29 Å². The summed E-state index contributed by atoms with van der Waals surface area (Å²) in [5.74, 6) is -1.06. The van der Waals surface area contributed by atoms with Crippen molar-refractivity contribution in [2.45, 2.75) is 25.7 Å². The number of ether oxygens (including phenoxy) is 3. The normalized spacial score (nSPS) is 18.5. The van der Waals surface area contributed by atoms with Crippen molar-refractivity contribution in [2.75, 3.05) is 4.90 Å².